The van der Waals surface area contributed by atoms with E-state index in [0.29, 0.717) is 12.5 Å². The van der Waals surface area contributed by atoms with Crippen LogP contribution in [-0.4, -0.2) is 73.2 Å². The number of rotatable bonds is 7. The molecule has 0 aliphatic carbocycles. The summed E-state index contributed by atoms with van der Waals surface area (Å²) < 4.78 is 0. The summed E-state index contributed by atoms with van der Waals surface area (Å²) in [5.74, 6) is -0.710. The van der Waals surface area contributed by atoms with Gasteiger partial charge in [0.1, 0.15) is 0 Å². The topological polar surface area (TPSA) is 55.8 Å². The molecule has 0 spiro atoms. The molecule has 0 aromatic heterocycles. The number of hydrogen-bond acceptors (Lipinski definition) is 4. The molecule has 1 atom stereocenters. The summed E-state index contributed by atoms with van der Waals surface area (Å²) in [6.45, 7) is 8.63. The van der Waals surface area contributed by atoms with Crippen molar-refractivity contribution in [2.75, 3.05) is 46.3 Å². The number of aliphatic carboxylic acids is 1. The quantitative estimate of drug-likeness (QED) is 0.663. The Labute approximate surface area is 104 Å². The van der Waals surface area contributed by atoms with Crippen LogP contribution < -0.4 is 5.32 Å². The minimum absolute atomic E-state index is 0.253. The maximum Gasteiger partial charge on any atom is 0.303 e. The summed E-state index contributed by atoms with van der Waals surface area (Å²) in [5.41, 5.74) is 0. The number of carbonyl (C=O) groups is 1. The second-order valence-corrected chi connectivity index (χ2v) is 4.93. The van der Waals surface area contributed by atoms with Crippen LogP contribution in [0.3, 0.4) is 0 Å². The molecule has 5 nitrogen and oxygen atoms in total. The Hall–Kier alpha value is -0.650. The van der Waals surface area contributed by atoms with E-state index in [1.165, 1.54) is 0 Å². The lowest BCUT2D eigenvalue weighted by Crippen LogP contribution is -2.47. The molecule has 1 aliphatic heterocycles. The van der Waals surface area contributed by atoms with Crippen molar-refractivity contribution in [3.05, 3.63) is 0 Å². The SMILES string of the molecule is CC(CCC(=O)O)NCCN1CCN(C)CC1. The molecule has 1 fully saturated rings. The lowest BCUT2D eigenvalue weighted by Gasteiger charge is -2.32. The van der Waals surface area contributed by atoms with Gasteiger partial charge in [-0.05, 0) is 20.4 Å². The summed E-state index contributed by atoms with van der Waals surface area (Å²) in [4.78, 5) is 15.2. The Balaban J connectivity index is 2.01. The van der Waals surface area contributed by atoms with Crippen LogP contribution in [-0.2, 0) is 4.79 Å². The number of carboxylic acid groups (broad SMARTS) is 1. The minimum Gasteiger partial charge on any atom is -0.481 e. The molecule has 2 N–H and O–H groups in total. The molecule has 0 radical (unpaired) electrons. The van der Waals surface area contributed by atoms with E-state index in [-0.39, 0.29) is 6.42 Å². The van der Waals surface area contributed by atoms with E-state index in [0.717, 1.165) is 39.3 Å². The van der Waals surface area contributed by atoms with E-state index in [9.17, 15) is 4.79 Å². The fourth-order valence-corrected chi connectivity index (χ4v) is 1.98. The molecule has 1 unspecified atom stereocenters. The van der Waals surface area contributed by atoms with Crippen LogP contribution >= 0.6 is 0 Å². The number of likely N-dealkylation sites (N-methyl/N-ethyl adjacent to an activating group) is 1. The highest BCUT2D eigenvalue weighted by Gasteiger charge is 2.13. The van der Waals surface area contributed by atoms with Crippen LogP contribution in [0.5, 0.6) is 0 Å². The highest BCUT2D eigenvalue weighted by atomic mass is 16.4. The van der Waals surface area contributed by atoms with Gasteiger partial charge in [-0.25, -0.2) is 0 Å². The van der Waals surface area contributed by atoms with Gasteiger partial charge in [0.25, 0.3) is 0 Å². The van der Waals surface area contributed by atoms with Crippen molar-refractivity contribution >= 4 is 5.97 Å². The van der Waals surface area contributed by atoms with Gasteiger partial charge in [0.15, 0.2) is 0 Å². The number of nitrogens with one attached hydrogen (secondary N) is 1. The van der Waals surface area contributed by atoms with Crippen molar-refractivity contribution in [2.24, 2.45) is 0 Å². The van der Waals surface area contributed by atoms with E-state index in [4.69, 9.17) is 5.11 Å². The van der Waals surface area contributed by atoms with Crippen molar-refractivity contribution in [1.29, 1.82) is 0 Å². The van der Waals surface area contributed by atoms with E-state index in [2.05, 4.69) is 22.2 Å². The molecule has 0 saturated carbocycles. The first-order chi connectivity index (χ1) is 8.08. The standard InChI is InChI=1S/C12H25N3O2/c1-11(3-4-12(16)17)13-5-6-15-9-7-14(2)8-10-15/h11,13H,3-10H2,1-2H3,(H,16,17). The van der Waals surface area contributed by atoms with Crippen molar-refractivity contribution in [3.63, 3.8) is 0 Å². The fraction of sp³-hybridized carbons (Fsp3) is 0.917. The van der Waals surface area contributed by atoms with Crippen molar-refractivity contribution < 1.29 is 9.90 Å². The van der Waals surface area contributed by atoms with Crippen LogP contribution in [0, 0.1) is 0 Å². The van der Waals surface area contributed by atoms with Crippen LogP contribution in [0.25, 0.3) is 0 Å². The zero-order chi connectivity index (χ0) is 12.7. The van der Waals surface area contributed by atoms with Crippen LogP contribution in [0.1, 0.15) is 19.8 Å². The Morgan fingerprint density at radius 2 is 2.00 bits per heavy atom. The first-order valence-electron chi connectivity index (χ1n) is 6.44. The van der Waals surface area contributed by atoms with Gasteiger partial charge in [-0.15, -0.1) is 0 Å². The Morgan fingerprint density at radius 1 is 1.35 bits per heavy atom. The van der Waals surface area contributed by atoms with Crippen molar-refractivity contribution in [2.45, 2.75) is 25.8 Å². The number of carboxylic acids is 1. The molecule has 0 aromatic carbocycles. The molecule has 0 aromatic rings. The van der Waals surface area contributed by atoms with E-state index < -0.39 is 5.97 Å². The van der Waals surface area contributed by atoms with Gasteiger partial charge in [0.2, 0.25) is 0 Å². The zero-order valence-electron chi connectivity index (χ0n) is 11.0. The molecular weight excluding hydrogens is 218 g/mol. The summed E-state index contributed by atoms with van der Waals surface area (Å²) in [5, 5.41) is 12.0. The summed E-state index contributed by atoms with van der Waals surface area (Å²) in [6, 6.07) is 0.290. The van der Waals surface area contributed by atoms with E-state index in [1.54, 1.807) is 0 Å². The second-order valence-electron chi connectivity index (χ2n) is 4.93. The highest BCUT2D eigenvalue weighted by Crippen LogP contribution is 1.99. The van der Waals surface area contributed by atoms with E-state index in [1.807, 2.05) is 6.92 Å². The second kappa shape index (κ2) is 7.63. The van der Waals surface area contributed by atoms with Crippen molar-refractivity contribution in [1.82, 2.24) is 15.1 Å². The average Bonchev–Trinajstić information content (AvgIpc) is 2.29. The number of piperazine rings is 1. The predicted molar refractivity (Wildman–Crippen MR) is 68.3 cm³/mol. The van der Waals surface area contributed by atoms with Gasteiger partial charge in [-0.2, -0.15) is 0 Å². The third-order valence-electron chi connectivity index (χ3n) is 3.31. The van der Waals surface area contributed by atoms with Gasteiger partial charge in [-0.1, -0.05) is 0 Å². The molecule has 100 valence electrons. The van der Waals surface area contributed by atoms with Crippen LogP contribution in [0.15, 0.2) is 0 Å². The highest BCUT2D eigenvalue weighted by molar-refractivity contribution is 5.66. The third-order valence-corrected chi connectivity index (χ3v) is 3.31. The largest absolute Gasteiger partial charge is 0.481 e. The lowest BCUT2D eigenvalue weighted by atomic mass is 10.2. The number of nitrogens with zero attached hydrogens (tertiary/aromatic N) is 2. The maximum atomic E-state index is 10.4. The molecule has 1 heterocycles. The molecular formula is C12H25N3O2. The van der Waals surface area contributed by atoms with Crippen molar-refractivity contribution in [3.8, 4) is 0 Å². The first kappa shape index (κ1) is 14.4. The normalized spacial score (nSPS) is 20.4. The smallest absolute Gasteiger partial charge is 0.303 e. The van der Waals surface area contributed by atoms with Gasteiger partial charge in [0, 0.05) is 51.7 Å². The number of hydrogen-bond donors (Lipinski definition) is 2. The van der Waals surface area contributed by atoms with Gasteiger partial charge >= 0.3 is 5.97 Å². The first-order valence-corrected chi connectivity index (χ1v) is 6.44. The van der Waals surface area contributed by atoms with E-state index >= 15 is 0 Å². The monoisotopic (exact) mass is 243 g/mol. The zero-order valence-corrected chi connectivity index (χ0v) is 11.0. The predicted octanol–water partition coefficient (Wildman–Crippen LogP) is 0.0767. The van der Waals surface area contributed by atoms with Gasteiger partial charge < -0.3 is 15.3 Å². The molecule has 1 aliphatic rings. The molecule has 17 heavy (non-hydrogen) atoms. The Kier molecular flexibility index (Phi) is 6.47. The van der Waals surface area contributed by atoms with Crippen LogP contribution in [0.4, 0.5) is 0 Å². The molecule has 0 bridgehead atoms. The summed E-state index contributed by atoms with van der Waals surface area (Å²) in [6.07, 6.45) is 0.959. The van der Waals surface area contributed by atoms with Crippen LogP contribution in [0.2, 0.25) is 0 Å². The molecule has 1 saturated heterocycles. The minimum atomic E-state index is -0.710. The van der Waals surface area contributed by atoms with Gasteiger partial charge in [-0.3, -0.25) is 9.69 Å². The summed E-state index contributed by atoms with van der Waals surface area (Å²) in [7, 11) is 2.16. The Morgan fingerprint density at radius 3 is 2.59 bits per heavy atom. The summed E-state index contributed by atoms with van der Waals surface area (Å²) >= 11 is 0. The molecule has 1 rings (SSSR count). The lowest BCUT2D eigenvalue weighted by molar-refractivity contribution is -0.137. The fourth-order valence-electron chi connectivity index (χ4n) is 1.98. The Bertz CT molecular complexity index is 228. The average molecular weight is 243 g/mol. The third kappa shape index (κ3) is 6.61. The maximum absolute atomic E-state index is 10.4. The molecule has 0 amide bonds. The van der Waals surface area contributed by atoms with Gasteiger partial charge in [0.05, 0.1) is 0 Å². The molecule has 5 heteroatoms.